The maximum atomic E-state index is 11.0. The SMILES string of the molecule is CCCCCCCCCCCCCCC(=O)CCl. The third kappa shape index (κ3) is 14.0. The summed E-state index contributed by atoms with van der Waals surface area (Å²) >= 11 is 5.45. The number of hydrogen-bond acceptors (Lipinski definition) is 1. The molecule has 0 amide bonds. The van der Waals surface area contributed by atoms with Crippen LogP contribution in [0.5, 0.6) is 0 Å². The Kier molecular flexibility index (Phi) is 15.0. The van der Waals surface area contributed by atoms with Crippen molar-refractivity contribution in [2.24, 2.45) is 0 Å². The smallest absolute Gasteiger partial charge is 0.147 e. The average molecular weight is 275 g/mol. The van der Waals surface area contributed by atoms with Crippen molar-refractivity contribution < 1.29 is 4.79 Å². The van der Waals surface area contributed by atoms with Crippen LogP contribution in [0.1, 0.15) is 90.4 Å². The fourth-order valence-electron chi connectivity index (χ4n) is 2.23. The molecule has 0 rings (SSSR count). The van der Waals surface area contributed by atoms with Gasteiger partial charge in [-0.15, -0.1) is 11.6 Å². The van der Waals surface area contributed by atoms with Crippen LogP contribution >= 0.6 is 11.6 Å². The van der Waals surface area contributed by atoms with Crippen LogP contribution in [0, 0.1) is 0 Å². The van der Waals surface area contributed by atoms with Gasteiger partial charge >= 0.3 is 0 Å². The van der Waals surface area contributed by atoms with Crippen LogP contribution in [0.3, 0.4) is 0 Å². The second-order valence-electron chi connectivity index (χ2n) is 5.31. The Hall–Kier alpha value is -0.0400. The van der Waals surface area contributed by atoms with Gasteiger partial charge in [0.25, 0.3) is 0 Å². The van der Waals surface area contributed by atoms with Gasteiger partial charge in [-0.2, -0.15) is 0 Å². The summed E-state index contributed by atoms with van der Waals surface area (Å²) in [7, 11) is 0. The highest BCUT2D eigenvalue weighted by atomic mass is 35.5. The van der Waals surface area contributed by atoms with Gasteiger partial charge in [0, 0.05) is 6.42 Å². The Labute approximate surface area is 119 Å². The average Bonchev–Trinajstić information content (AvgIpc) is 2.39. The van der Waals surface area contributed by atoms with Crippen LogP contribution in [0.2, 0.25) is 0 Å². The molecule has 0 aliphatic carbocycles. The molecule has 0 saturated heterocycles. The molecule has 108 valence electrons. The first-order valence-electron chi connectivity index (χ1n) is 7.89. The second kappa shape index (κ2) is 15.0. The third-order valence-corrected chi connectivity index (χ3v) is 3.76. The summed E-state index contributed by atoms with van der Waals surface area (Å²) in [5.74, 6) is 0.390. The van der Waals surface area contributed by atoms with Crippen molar-refractivity contribution in [1.82, 2.24) is 0 Å². The highest BCUT2D eigenvalue weighted by molar-refractivity contribution is 6.27. The number of hydrogen-bond donors (Lipinski definition) is 0. The molecule has 0 aromatic heterocycles. The predicted octanol–water partition coefficient (Wildman–Crippen LogP) is 5.89. The fraction of sp³-hybridized carbons (Fsp3) is 0.938. The van der Waals surface area contributed by atoms with E-state index in [1.807, 2.05) is 0 Å². The maximum absolute atomic E-state index is 11.0. The molecule has 0 aliphatic heterocycles. The maximum Gasteiger partial charge on any atom is 0.147 e. The van der Waals surface area contributed by atoms with Gasteiger partial charge in [-0.1, -0.05) is 77.6 Å². The topological polar surface area (TPSA) is 17.1 Å². The quantitative estimate of drug-likeness (QED) is 0.285. The number of unbranched alkanes of at least 4 members (excludes halogenated alkanes) is 11. The molecule has 0 N–H and O–H groups in total. The van der Waals surface area contributed by atoms with E-state index in [1.165, 1.54) is 70.6 Å². The van der Waals surface area contributed by atoms with Gasteiger partial charge in [0.05, 0.1) is 5.88 Å². The minimum atomic E-state index is 0.192. The molecule has 2 heteroatoms. The van der Waals surface area contributed by atoms with Crippen molar-refractivity contribution >= 4 is 17.4 Å². The lowest BCUT2D eigenvalue weighted by molar-refractivity contribution is -0.116. The van der Waals surface area contributed by atoms with E-state index >= 15 is 0 Å². The highest BCUT2D eigenvalue weighted by Gasteiger charge is 1.98. The molecule has 0 aromatic rings. The van der Waals surface area contributed by atoms with E-state index in [0.717, 1.165) is 6.42 Å². The first-order chi connectivity index (χ1) is 8.81. The van der Waals surface area contributed by atoms with Crippen molar-refractivity contribution in [3.05, 3.63) is 0 Å². The summed E-state index contributed by atoms with van der Waals surface area (Å²) in [6.45, 7) is 2.26. The Morgan fingerprint density at radius 3 is 1.50 bits per heavy atom. The van der Waals surface area contributed by atoms with E-state index in [1.54, 1.807) is 0 Å². The van der Waals surface area contributed by atoms with Crippen LogP contribution < -0.4 is 0 Å². The highest BCUT2D eigenvalue weighted by Crippen LogP contribution is 2.12. The number of ketones is 1. The first kappa shape index (κ1) is 18.0. The van der Waals surface area contributed by atoms with Crippen LogP contribution in [0.25, 0.3) is 0 Å². The largest absolute Gasteiger partial charge is 0.298 e. The molecule has 1 nitrogen and oxygen atoms in total. The van der Waals surface area contributed by atoms with Crippen LogP contribution in [-0.2, 0) is 4.79 Å². The van der Waals surface area contributed by atoms with E-state index in [0.29, 0.717) is 6.42 Å². The summed E-state index contributed by atoms with van der Waals surface area (Å²) in [6, 6.07) is 0. The molecule has 0 aliphatic rings. The number of carbonyl (C=O) groups is 1. The number of halogens is 1. The standard InChI is InChI=1S/C16H31ClO/c1-2-3-4-5-6-7-8-9-10-11-12-13-14-16(18)15-17/h2-15H2,1H3. The number of carbonyl (C=O) groups excluding carboxylic acids is 1. The number of rotatable bonds is 14. The van der Waals surface area contributed by atoms with Crippen LogP contribution in [0.15, 0.2) is 0 Å². The fourth-order valence-corrected chi connectivity index (χ4v) is 2.36. The zero-order valence-corrected chi connectivity index (χ0v) is 12.9. The van der Waals surface area contributed by atoms with Gasteiger partial charge in [0.2, 0.25) is 0 Å². The first-order valence-corrected chi connectivity index (χ1v) is 8.42. The zero-order chi connectivity index (χ0) is 13.5. The van der Waals surface area contributed by atoms with E-state index in [2.05, 4.69) is 6.92 Å². The lowest BCUT2D eigenvalue weighted by Gasteiger charge is -2.02. The number of Topliss-reactive ketones (excluding diaryl/α,β-unsaturated/α-hetero) is 1. The van der Waals surface area contributed by atoms with E-state index in [9.17, 15) is 4.79 Å². The summed E-state index contributed by atoms with van der Waals surface area (Å²) < 4.78 is 0. The van der Waals surface area contributed by atoms with E-state index in [-0.39, 0.29) is 11.7 Å². The lowest BCUT2D eigenvalue weighted by atomic mass is 10.0. The van der Waals surface area contributed by atoms with E-state index in [4.69, 9.17) is 11.6 Å². The Morgan fingerprint density at radius 2 is 1.11 bits per heavy atom. The normalized spacial score (nSPS) is 10.8. The van der Waals surface area contributed by atoms with Gasteiger partial charge in [-0.05, 0) is 6.42 Å². The van der Waals surface area contributed by atoms with Crippen molar-refractivity contribution in [2.45, 2.75) is 90.4 Å². The van der Waals surface area contributed by atoms with Gasteiger partial charge in [0.1, 0.15) is 5.78 Å². The Morgan fingerprint density at radius 1 is 0.722 bits per heavy atom. The summed E-state index contributed by atoms with van der Waals surface area (Å²) in [5.41, 5.74) is 0. The monoisotopic (exact) mass is 274 g/mol. The lowest BCUT2D eigenvalue weighted by Crippen LogP contribution is -1.98. The molecule has 0 aromatic carbocycles. The molecule has 0 heterocycles. The van der Waals surface area contributed by atoms with Gasteiger partial charge in [-0.3, -0.25) is 4.79 Å². The molecule has 0 unspecified atom stereocenters. The van der Waals surface area contributed by atoms with E-state index < -0.39 is 0 Å². The molecule has 0 bridgehead atoms. The summed E-state index contributed by atoms with van der Waals surface area (Å²) in [5, 5.41) is 0. The van der Waals surface area contributed by atoms with Gasteiger partial charge < -0.3 is 0 Å². The zero-order valence-electron chi connectivity index (χ0n) is 12.2. The molecule has 0 spiro atoms. The molecular weight excluding hydrogens is 244 g/mol. The van der Waals surface area contributed by atoms with Crippen molar-refractivity contribution in [3.63, 3.8) is 0 Å². The summed E-state index contributed by atoms with van der Waals surface area (Å²) in [4.78, 5) is 11.0. The molecule has 18 heavy (non-hydrogen) atoms. The van der Waals surface area contributed by atoms with Crippen molar-refractivity contribution in [3.8, 4) is 0 Å². The molecule has 0 radical (unpaired) electrons. The molecular formula is C16H31ClO. The predicted molar refractivity (Wildman–Crippen MR) is 81.4 cm³/mol. The molecule has 0 fully saturated rings. The minimum absolute atomic E-state index is 0.192. The Balaban J connectivity index is 2.97. The van der Waals surface area contributed by atoms with Crippen LogP contribution in [0.4, 0.5) is 0 Å². The minimum Gasteiger partial charge on any atom is -0.298 e. The van der Waals surface area contributed by atoms with Crippen LogP contribution in [-0.4, -0.2) is 11.7 Å². The van der Waals surface area contributed by atoms with Crippen molar-refractivity contribution in [2.75, 3.05) is 5.88 Å². The molecule has 0 saturated carbocycles. The summed E-state index contributed by atoms with van der Waals surface area (Å²) in [6.07, 6.45) is 16.7. The third-order valence-electron chi connectivity index (χ3n) is 3.46. The van der Waals surface area contributed by atoms with Gasteiger partial charge in [-0.25, -0.2) is 0 Å². The number of alkyl halides is 1. The molecule has 0 atom stereocenters. The van der Waals surface area contributed by atoms with Crippen molar-refractivity contribution in [1.29, 1.82) is 0 Å². The second-order valence-corrected chi connectivity index (χ2v) is 5.58. The Bertz CT molecular complexity index is 180. The van der Waals surface area contributed by atoms with Gasteiger partial charge in [0.15, 0.2) is 0 Å².